The number of fused-ring (bicyclic) bond motifs is 3. The summed E-state index contributed by atoms with van der Waals surface area (Å²) in [5.74, 6) is 0.273. The van der Waals surface area contributed by atoms with E-state index in [9.17, 15) is 9.90 Å². The average Bonchev–Trinajstić information content (AvgIpc) is 3.57. The van der Waals surface area contributed by atoms with Crippen LogP contribution in [-0.2, 0) is 14.3 Å². The van der Waals surface area contributed by atoms with Gasteiger partial charge in [-0.25, -0.2) is 14.1 Å². The predicted octanol–water partition coefficient (Wildman–Crippen LogP) is 8.37. The van der Waals surface area contributed by atoms with Gasteiger partial charge >= 0.3 is 5.97 Å². The largest absolute Gasteiger partial charge is 0.481 e. The number of nitrogens with zero attached hydrogens (tertiary/aromatic N) is 4. The van der Waals surface area contributed by atoms with Crippen molar-refractivity contribution < 1.29 is 23.8 Å². The maximum Gasteiger partial charge on any atom is 0.307 e. The van der Waals surface area contributed by atoms with Crippen LogP contribution in [0, 0.1) is 68.4 Å². The number of nitrogens with two attached hydrogens (primary N) is 1. The quantitative estimate of drug-likeness (QED) is 0.247. The molecule has 0 spiro atoms. The molecule has 1 saturated heterocycles. The molecule has 2 aromatic heterocycles. The number of pyridine rings is 1. The first kappa shape index (κ1) is 38.6. The second-order valence-electron chi connectivity index (χ2n) is 19.9. The van der Waals surface area contributed by atoms with Crippen LogP contribution in [0.25, 0.3) is 11.4 Å². The highest BCUT2D eigenvalue weighted by Crippen LogP contribution is 2.75. The summed E-state index contributed by atoms with van der Waals surface area (Å²) in [6.45, 7) is 23.8. The van der Waals surface area contributed by atoms with E-state index in [1.165, 1.54) is 18.1 Å². The summed E-state index contributed by atoms with van der Waals surface area (Å²) < 4.78 is 31.1. The van der Waals surface area contributed by atoms with Crippen LogP contribution in [0.15, 0.2) is 36.4 Å². The van der Waals surface area contributed by atoms with Gasteiger partial charge in [0.1, 0.15) is 6.33 Å². The second-order valence-corrected chi connectivity index (χ2v) is 19.9. The Morgan fingerprint density at radius 1 is 1.13 bits per heavy atom. The molecule has 4 fully saturated rings. The van der Waals surface area contributed by atoms with Crippen LogP contribution < -0.4 is 5.73 Å². The first-order valence-corrected chi connectivity index (χ1v) is 20.2. The van der Waals surface area contributed by atoms with E-state index < -0.39 is 34.1 Å². The Labute approximate surface area is 316 Å². The van der Waals surface area contributed by atoms with Crippen LogP contribution >= 0.6 is 0 Å². The molecule has 1 aliphatic heterocycles. The van der Waals surface area contributed by atoms with E-state index in [4.69, 9.17) is 20.3 Å². The fourth-order valence-corrected chi connectivity index (χ4v) is 12.8. The highest BCUT2D eigenvalue weighted by atomic mass is 19.1. The molecule has 53 heavy (non-hydrogen) atoms. The number of hydrogen-bond donors (Lipinski definition) is 2. The number of ether oxygens (including phenoxy) is 2. The van der Waals surface area contributed by atoms with Crippen molar-refractivity contribution in [2.24, 2.45) is 68.3 Å². The average molecular weight is 734 g/mol. The monoisotopic (exact) mass is 733 g/mol. The number of aliphatic carboxylic acids is 1. The van der Waals surface area contributed by atoms with Gasteiger partial charge in [0.15, 0.2) is 11.6 Å². The van der Waals surface area contributed by atoms with Crippen LogP contribution in [0.1, 0.15) is 114 Å². The molecule has 0 radical (unpaired) electrons. The van der Waals surface area contributed by atoms with E-state index >= 15 is 4.39 Å². The van der Waals surface area contributed by atoms with Gasteiger partial charge in [0.25, 0.3) is 0 Å². The van der Waals surface area contributed by atoms with E-state index in [0.717, 1.165) is 32.1 Å². The SMILES string of the molecule is CC(C)[C@@H](C)[C@@]1(C)CC[C@]2(C)[C@H]3CC[C@@H]4[C@@]5(COC[C@@]4(C)[C@@H](OC[C@](C)(N)C(C)C)[C@H](n4ncnc4-c4ccncc4F)C5)C3=CC[C@@]2(C)[C@@H]1C(=O)O. The third-order valence-electron chi connectivity index (χ3n) is 16.9. The number of aromatic nitrogens is 4. The summed E-state index contributed by atoms with van der Waals surface area (Å²) in [5, 5.41) is 16.0. The molecule has 2 bridgehead atoms. The third kappa shape index (κ3) is 5.45. The van der Waals surface area contributed by atoms with Crippen LogP contribution in [0.5, 0.6) is 0 Å². The second kappa shape index (κ2) is 12.9. The minimum atomic E-state index is -0.654. The predicted molar refractivity (Wildman–Crippen MR) is 203 cm³/mol. The fourth-order valence-electron chi connectivity index (χ4n) is 12.8. The van der Waals surface area contributed by atoms with Gasteiger partial charge in [0.2, 0.25) is 0 Å². The van der Waals surface area contributed by atoms with Gasteiger partial charge in [0, 0.05) is 22.6 Å². The number of carboxylic acids is 1. The highest BCUT2D eigenvalue weighted by Gasteiger charge is 2.72. The summed E-state index contributed by atoms with van der Waals surface area (Å²) in [4.78, 5) is 22.2. The summed E-state index contributed by atoms with van der Waals surface area (Å²) in [6.07, 6.45) is 11.8. The van der Waals surface area contributed by atoms with Gasteiger partial charge in [-0.2, -0.15) is 5.10 Å². The van der Waals surface area contributed by atoms with Crippen molar-refractivity contribution in [3.8, 4) is 11.4 Å². The summed E-state index contributed by atoms with van der Waals surface area (Å²) in [5.41, 5.74) is 6.45. The highest BCUT2D eigenvalue weighted by molar-refractivity contribution is 5.73. The van der Waals surface area contributed by atoms with E-state index in [1.807, 2.05) is 11.6 Å². The Morgan fingerprint density at radius 3 is 2.53 bits per heavy atom. The lowest BCUT2D eigenvalue weighted by molar-refractivity contribution is -0.252. The molecule has 2 aromatic rings. The Hall–Kier alpha value is -2.69. The van der Waals surface area contributed by atoms with Gasteiger partial charge in [-0.15, -0.1) is 0 Å². The first-order valence-electron chi connectivity index (χ1n) is 20.2. The lowest BCUT2D eigenvalue weighted by Crippen LogP contribution is -2.69. The number of hydrogen-bond acceptors (Lipinski definition) is 7. The van der Waals surface area contributed by atoms with E-state index in [1.54, 1.807) is 12.3 Å². The molecule has 3 heterocycles. The van der Waals surface area contributed by atoms with Crippen molar-refractivity contribution in [3.05, 3.63) is 42.3 Å². The van der Waals surface area contributed by atoms with E-state index in [-0.39, 0.29) is 52.1 Å². The Morgan fingerprint density at radius 2 is 1.87 bits per heavy atom. The topological polar surface area (TPSA) is 125 Å². The molecule has 5 aliphatic rings. The Bertz CT molecular complexity index is 1760. The Balaban J connectivity index is 1.36. The first-order chi connectivity index (χ1) is 24.8. The lowest BCUT2D eigenvalue weighted by atomic mass is 9.34. The minimum absolute atomic E-state index is 0.195. The van der Waals surface area contributed by atoms with Gasteiger partial charge < -0.3 is 20.3 Å². The van der Waals surface area contributed by atoms with Crippen molar-refractivity contribution in [3.63, 3.8) is 0 Å². The smallest absolute Gasteiger partial charge is 0.307 e. The molecule has 9 nitrogen and oxygen atoms in total. The summed E-state index contributed by atoms with van der Waals surface area (Å²) >= 11 is 0. The molecule has 0 amide bonds. The molecule has 3 saturated carbocycles. The maximum absolute atomic E-state index is 15.4. The zero-order chi connectivity index (χ0) is 38.5. The Kier molecular flexibility index (Phi) is 9.42. The van der Waals surface area contributed by atoms with Gasteiger partial charge in [-0.05, 0) is 97.3 Å². The van der Waals surface area contributed by atoms with Crippen molar-refractivity contribution in [1.82, 2.24) is 19.7 Å². The lowest BCUT2D eigenvalue weighted by Gasteiger charge is -2.71. The van der Waals surface area contributed by atoms with Crippen LogP contribution in [0.3, 0.4) is 0 Å². The van der Waals surface area contributed by atoms with Crippen molar-refractivity contribution in [2.75, 3.05) is 19.8 Å². The molecule has 7 rings (SSSR count). The summed E-state index contributed by atoms with van der Waals surface area (Å²) in [7, 11) is 0. The van der Waals surface area contributed by atoms with Crippen LogP contribution in [0.4, 0.5) is 4.39 Å². The number of allylic oxidation sites excluding steroid dienone is 1. The molecular weight excluding hydrogens is 670 g/mol. The normalized spacial score (nSPS) is 41.2. The maximum atomic E-state index is 15.4. The van der Waals surface area contributed by atoms with Crippen molar-refractivity contribution >= 4 is 5.97 Å². The molecule has 3 N–H and O–H groups in total. The molecule has 0 aromatic carbocycles. The van der Waals surface area contributed by atoms with E-state index in [2.05, 4.69) is 78.4 Å². The standard InChI is InChI=1S/C43H64FN5O4/c1-25(2)27(5)38(6)16-17-40(8)29-11-12-33-39(7)21-52-23-43(33,30(29)13-15-41(40,9)34(38)37(50)51)19-32(35(39)53-22-42(10,45)26(3)4)49-36(47-24-48-49)28-14-18-46-20-31(28)44/h13-14,18,20,24-27,29,32-35H,11-12,15-17,19,21-23,45H2,1-10H3,(H,50,51)/t27-,29+,32-,33+,34-,35+,38-,39-,40-,41+,42+,43+/m1/s1. The van der Waals surface area contributed by atoms with Crippen molar-refractivity contribution in [2.45, 2.75) is 125 Å². The zero-order valence-corrected chi connectivity index (χ0v) is 33.8. The zero-order valence-electron chi connectivity index (χ0n) is 33.8. The van der Waals surface area contributed by atoms with Crippen LogP contribution in [0.2, 0.25) is 0 Å². The number of carboxylic acid groups (broad SMARTS) is 1. The number of carbonyl (C=O) groups is 1. The molecule has 12 atom stereocenters. The molecule has 10 heteroatoms. The molecular formula is C43H64FN5O4. The molecule has 0 unspecified atom stereocenters. The number of halogens is 1. The molecule has 4 aliphatic carbocycles. The summed E-state index contributed by atoms with van der Waals surface area (Å²) in [6, 6.07) is 1.39. The van der Waals surface area contributed by atoms with Gasteiger partial charge in [-0.1, -0.05) is 74.0 Å². The van der Waals surface area contributed by atoms with Crippen LogP contribution in [-0.4, -0.2) is 62.3 Å². The van der Waals surface area contributed by atoms with Gasteiger partial charge in [0.05, 0.1) is 49.6 Å². The van der Waals surface area contributed by atoms with E-state index in [0.29, 0.717) is 43.5 Å². The number of rotatable bonds is 9. The molecule has 292 valence electrons. The van der Waals surface area contributed by atoms with Gasteiger partial charge in [-0.3, -0.25) is 9.78 Å². The van der Waals surface area contributed by atoms with Crippen molar-refractivity contribution in [1.29, 1.82) is 0 Å². The fraction of sp³-hybridized carbons (Fsp3) is 0.767. The minimum Gasteiger partial charge on any atom is -0.481 e. The third-order valence-corrected chi connectivity index (χ3v) is 16.9.